The Morgan fingerprint density at radius 1 is 0.600 bits per heavy atom. The van der Waals surface area contributed by atoms with E-state index in [2.05, 4.69) is 28.5 Å². The molecule has 2 aromatic heterocycles. The van der Waals surface area contributed by atoms with Crippen LogP contribution in [0.15, 0.2) is 156 Å². The molecule has 5 aromatic rings. The van der Waals surface area contributed by atoms with E-state index in [9.17, 15) is 20.2 Å². The predicted octanol–water partition coefficient (Wildman–Crippen LogP) is 8.34. The first-order valence-corrected chi connectivity index (χ1v) is 15.6. The van der Waals surface area contributed by atoms with Gasteiger partial charge >= 0.3 is 0 Å². The van der Waals surface area contributed by atoms with E-state index >= 15 is 4.39 Å². The number of nitrogens with one attached hydrogen (secondary N) is 1. The van der Waals surface area contributed by atoms with Crippen LogP contribution in [0.25, 0.3) is 16.7 Å². The van der Waals surface area contributed by atoms with E-state index in [1.807, 2.05) is 42.5 Å². The molecular formula is C42H24F2N6. The average molecular weight is 651 g/mol. The van der Waals surface area contributed by atoms with Gasteiger partial charge in [-0.15, -0.1) is 0 Å². The van der Waals surface area contributed by atoms with Crippen LogP contribution in [0.2, 0.25) is 0 Å². The maximum Gasteiger partial charge on any atom is 0.213 e. The van der Waals surface area contributed by atoms with Crippen LogP contribution in [0.1, 0.15) is 44.8 Å². The van der Waals surface area contributed by atoms with Crippen molar-refractivity contribution in [3.63, 3.8) is 0 Å². The average Bonchev–Trinajstić information content (AvgIpc) is 3.85. The summed E-state index contributed by atoms with van der Waals surface area (Å²) in [6.45, 7) is 0. The fourth-order valence-electron chi connectivity index (χ4n) is 6.05. The van der Waals surface area contributed by atoms with Gasteiger partial charge in [0, 0.05) is 45.3 Å². The van der Waals surface area contributed by atoms with Crippen LogP contribution in [0, 0.1) is 39.9 Å². The Labute approximate surface area is 287 Å². The maximum absolute atomic E-state index is 15.0. The van der Waals surface area contributed by atoms with E-state index in [4.69, 9.17) is 4.98 Å². The lowest BCUT2D eigenvalue weighted by Gasteiger charge is -2.19. The largest absolute Gasteiger partial charge is 0.352 e. The molecule has 1 N–H and O–H groups in total. The number of aromatic nitrogens is 2. The first-order valence-electron chi connectivity index (χ1n) is 15.6. The van der Waals surface area contributed by atoms with Gasteiger partial charge in [-0.2, -0.15) is 20.2 Å². The second-order valence-corrected chi connectivity index (χ2v) is 11.4. The number of rotatable bonds is 6. The molecule has 8 heteroatoms. The van der Waals surface area contributed by atoms with Gasteiger partial charge in [-0.1, -0.05) is 54.6 Å². The molecule has 3 aromatic carbocycles. The highest BCUT2D eigenvalue weighted by Crippen LogP contribution is 2.59. The highest BCUT2D eigenvalue weighted by Gasteiger charge is 2.42. The lowest BCUT2D eigenvalue weighted by Crippen LogP contribution is -2.25. The lowest BCUT2D eigenvalue weighted by atomic mass is 9.96. The Balaban J connectivity index is 1.68. The topological polar surface area (TPSA) is 109 Å². The second kappa shape index (κ2) is 13.5. The molecule has 0 saturated heterocycles. The molecule has 1 aliphatic heterocycles. The van der Waals surface area contributed by atoms with Crippen molar-refractivity contribution in [2.75, 3.05) is 0 Å². The first-order chi connectivity index (χ1) is 24.5. The third-order valence-corrected chi connectivity index (χ3v) is 8.34. The molecule has 0 amide bonds. The van der Waals surface area contributed by atoms with Crippen molar-refractivity contribution in [1.29, 1.82) is 15.8 Å². The van der Waals surface area contributed by atoms with Crippen LogP contribution in [0.4, 0.5) is 8.78 Å². The summed E-state index contributed by atoms with van der Waals surface area (Å²) in [5, 5.41) is 31.6. The fourth-order valence-corrected chi connectivity index (χ4v) is 6.05. The van der Waals surface area contributed by atoms with Crippen molar-refractivity contribution in [2.24, 2.45) is 0 Å². The molecule has 1 fully saturated rings. The number of halogens is 2. The molecule has 7 rings (SSSR count). The number of alkyl halides is 1. The normalized spacial score (nSPS) is 17.7. The molecular weight excluding hydrogens is 627 g/mol. The highest BCUT2D eigenvalue weighted by molar-refractivity contribution is 6.12. The second-order valence-electron chi connectivity index (χ2n) is 11.4. The Morgan fingerprint density at radius 3 is 1.58 bits per heavy atom. The summed E-state index contributed by atoms with van der Waals surface area (Å²) >= 11 is 0. The molecule has 1 unspecified atom stereocenters. The zero-order chi connectivity index (χ0) is 34.6. The zero-order valence-electron chi connectivity index (χ0n) is 26.3. The summed E-state index contributed by atoms with van der Waals surface area (Å²) < 4.78 is 29.9. The van der Waals surface area contributed by atoms with Gasteiger partial charge in [-0.25, -0.2) is 9.37 Å². The molecule has 236 valence electrons. The monoisotopic (exact) mass is 650 g/mol. The number of nitrogens with zero attached hydrogens (tertiary/aromatic N) is 5. The number of benzene rings is 3. The van der Waals surface area contributed by atoms with Crippen molar-refractivity contribution in [2.45, 2.75) is 6.30 Å². The first kappa shape index (κ1) is 31.4. The third kappa shape index (κ3) is 6.11. The summed E-state index contributed by atoms with van der Waals surface area (Å²) in [6.07, 6.45) is 5.06. The number of pyridine rings is 2. The highest BCUT2D eigenvalue weighted by atomic mass is 19.1. The number of allylic oxidation sites excluding steroid dienone is 6. The van der Waals surface area contributed by atoms with Gasteiger partial charge in [0.1, 0.15) is 0 Å². The van der Waals surface area contributed by atoms with Crippen LogP contribution >= 0.6 is 0 Å². The zero-order valence-corrected chi connectivity index (χ0v) is 26.3. The summed E-state index contributed by atoms with van der Waals surface area (Å²) in [6, 6.07) is 37.8. The Kier molecular flexibility index (Phi) is 8.47. The van der Waals surface area contributed by atoms with E-state index in [0.29, 0.717) is 61.6 Å². The van der Waals surface area contributed by atoms with Gasteiger partial charge in [-0.3, -0.25) is 4.98 Å². The minimum atomic E-state index is -1.46. The smallest absolute Gasteiger partial charge is 0.213 e. The van der Waals surface area contributed by atoms with Gasteiger partial charge < -0.3 is 5.32 Å². The quantitative estimate of drug-likeness (QED) is 0.146. The number of dihydropyridines is 1. The van der Waals surface area contributed by atoms with Crippen LogP contribution in [-0.2, 0) is 0 Å². The molecule has 50 heavy (non-hydrogen) atoms. The molecule has 1 aliphatic carbocycles. The minimum absolute atomic E-state index is 0.352. The van der Waals surface area contributed by atoms with Crippen molar-refractivity contribution in [3.8, 4) is 18.2 Å². The van der Waals surface area contributed by atoms with Gasteiger partial charge in [0.15, 0.2) is 6.30 Å². The van der Waals surface area contributed by atoms with Crippen LogP contribution in [0.3, 0.4) is 0 Å². The van der Waals surface area contributed by atoms with Gasteiger partial charge in [-0.05, 0) is 89.5 Å². The van der Waals surface area contributed by atoms with Gasteiger partial charge in [0.2, 0.25) is 5.95 Å². The van der Waals surface area contributed by atoms with Crippen LogP contribution in [-0.4, -0.2) is 16.3 Å². The molecule has 2 aliphatic rings. The summed E-state index contributed by atoms with van der Waals surface area (Å²) in [7, 11) is 0. The van der Waals surface area contributed by atoms with Crippen molar-refractivity contribution in [3.05, 3.63) is 207 Å². The number of hydrogen-bond donors (Lipinski definition) is 1. The predicted molar refractivity (Wildman–Crippen MR) is 186 cm³/mol. The Hall–Kier alpha value is -7.21. The lowest BCUT2D eigenvalue weighted by molar-refractivity contribution is 0.359. The van der Waals surface area contributed by atoms with Gasteiger partial charge in [0.25, 0.3) is 0 Å². The molecule has 3 heterocycles. The van der Waals surface area contributed by atoms with Crippen molar-refractivity contribution < 1.29 is 8.78 Å². The van der Waals surface area contributed by atoms with E-state index in [-0.39, 0.29) is 0 Å². The van der Waals surface area contributed by atoms with E-state index in [1.165, 1.54) is 12.1 Å². The molecule has 0 bridgehead atoms. The van der Waals surface area contributed by atoms with Crippen LogP contribution in [0.5, 0.6) is 0 Å². The summed E-state index contributed by atoms with van der Waals surface area (Å²) in [5.41, 5.74) is 9.22. The maximum atomic E-state index is 15.0. The number of hydrogen-bond acceptors (Lipinski definition) is 6. The fraction of sp³-hybridized carbons (Fsp3) is 0.0238. The van der Waals surface area contributed by atoms with Crippen molar-refractivity contribution >= 4 is 16.7 Å². The van der Waals surface area contributed by atoms with Crippen LogP contribution < -0.4 is 5.32 Å². The Bertz CT molecular complexity index is 2420. The van der Waals surface area contributed by atoms with E-state index in [1.54, 1.807) is 79.0 Å². The molecule has 1 saturated carbocycles. The molecule has 6 nitrogen and oxygen atoms in total. The molecule has 1 atom stereocenters. The SMILES string of the molecule is N#Cc1ccc(C(C2=CC=CC(F)N2)=C2C(=C(c3ccc(C#N)cc3)c3ccccn3)C2=C(c2ccc(C#N)cc2)c2cccc(F)n2)cc1. The van der Waals surface area contributed by atoms with E-state index < -0.39 is 12.2 Å². The van der Waals surface area contributed by atoms with Crippen molar-refractivity contribution in [1.82, 2.24) is 15.3 Å². The minimum Gasteiger partial charge on any atom is -0.352 e. The standard InChI is InChI=1S/C42H24F2N6/c43-35-8-3-6-33(49-35)38(30-18-12-27(24-46)13-19-30)41-40(37(32-5-1-2-22-48-32)29-16-10-26(23-45)11-17-29)42(41)39(34-7-4-9-36(44)50-34)31-20-14-28(25-47)15-21-31/h1-22,35,49H. The Morgan fingerprint density at radius 2 is 1.10 bits per heavy atom. The molecule has 0 radical (unpaired) electrons. The van der Waals surface area contributed by atoms with Gasteiger partial charge in [0.05, 0.1) is 46.3 Å². The number of nitriles is 3. The third-order valence-electron chi connectivity index (χ3n) is 8.34. The summed E-state index contributed by atoms with van der Waals surface area (Å²) in [4.78, 5) is 9.04. The summed E-state index contributed by atoms with van der Waals surface area (Å²) in [5.74, 6) is -0.669. The van der Waals surface area contributed by atoms with E-state index in [0.717, 1.165) is 22.3 Å². The molecule has 0 spiro atoms.